The first-order valence-electron chi connectivity index (χ1n) is 9.01. The molecular formula is C18H30N4. The van der Waals surface area contributed by atoms with Crippen molar-refractivity contribution in [1.82, 2.24) is 20.2 Å². The van der Waals surface area contributed by atoms with Crippen molar-refractivity contribution >= 4 is 0 Å². The molecule has 0 bridgehead atoms. The normalized spacial score (nSPS) is 26.0. The summed E-state index contributed by atoms with van der Waals surface area (Å²) in [6.45, 7) is 6.77. The molecule has 2 atom stereocenters. The smallest absolute Gasteiger partial charge is 0.0782 e. The van der Waals surface area contributed by atoms with Crippen LogP contribution in [0.25, 0.3) is 0 Å². The second-order valence-electron chi connectivity index (χ2n) is 7.04. The summed E-state index contributed by atoms with van der Waals surface area (Å²) in [5.41, 5.74) is 2.14. The fourth-order valence-electron chi connectivity index (χ4n) is 4.20. The molecule has 2 heterocycles. The molecule has 1 saturated heterocycles. The summed E-state index contributed by atoms with van der Waals surface area (Å²) in [4.78, 5) is 11.6. The highest BCUT2D eigenvalue weighted by Gasteiger charge is 2.27. The highest BCUT2D eigenvalue weighted by atomic mass is 15.2. The summed E-state index contributed by atoms with van der Waals surface area (Å²) in [6, 6.07) is 1.71. The lowest BCUT2D eigenvalue weighted by Gasteiger charge is -2.41. The molecule has 0 radical (unpaired) electrons. The van der Waals surface area contributed by atoms with Crippen molar-refractivity contribution in [2.75, 3.05) is 13.1 Å². The number of piperidine rings is 1. The second kappa shape index (κ2) is 7.51. The van der Waals surface area contributed by atoms with Crippen molar-refractivity contribution in [2.45, 2.75) is 76.9 Å². The second-order valence-corrected chi connectivity index (χ2v) is 7.04. The van der Waals surface area contributed by atoms with Gasteiger partial charge in [-0.2, -0.15) is 0 Å². The van der Waals surface area contributed by atoms with E-state index in [9.17, 15) is 0 Å². The topological polar surface area (TPSA) is 41.1 Å². The fourth-order valence-corrected chi connectivity index (χ4v) is 4.20. The number of aromatic nitrogens is 2. The van der Waals surface area contributed by atoms with Crippen LogP contribution < -0.4 is 5.32 Å². The zero-order chi connectivity index (χ0) is 15.4. The summed E-state index contributed by atoms with van der Waals surface area (Å²) in [5, 5.41) is 3.80. The molecule has 1 aromatic heterocycles. The van der Waals surface area contributed by atoms with Gasteiger partial charge in [-0.1, -0.05) is 19.3 Å². The molecule has 2 aliphatic rings. The molecule has 1 saturated carbocycles. The maximum atomic E-state index is 4.51. The van der Waals surface area contributed by atoms with E-state index in [0.29, 0.717) is 6.04 Å². The van der Waals surface area contributed by atoms with Crippen molar-refractivity contribution in [3.8, 4) is 0 Å². The van der Waals surface area contributed by atoms with Crippen LogP contribution in [0.15, 0.2) is 12.4 Å². The number of hydrogen-bond acceptors (Lipinski definition) is 4. The van der Waals surface area contributed by atoms with Gasteiger partial charge < -0.3 is 5.32 Å². The zero-order valence-electron chi connectivity index (χ0n) is 14.1. The lowest BCUT2D eigenvalue weighted by Crippen LogP contribution is -2.50. The summed E-state index contributed by atoms with van der Waals surface area (Å²) in [6.07, 6.45) is 13.3. The van der Waals surface area contributed by atoms with E-state index in [1.807, 2.05) is 0 Å². The molecule has 0 aromatic carbocycles. The van der Waals surface area contributed by atoms with Gasteiger partial charge in [0.25, 0.3) is 0 Å². The van der Waals surface area contributed by atoms with Crippen LogP contribution in [0.4, 0.5) is 0 Å². The Kier molecular flexibility index (Phi) is 5.42. The van der Waals surface area contributed by atoms with E-state index < -0.39 is 0 Å². The summed E-state index contributed by atoms with van der Waals surface area (Å²) >= 11 is 0. The summed E-state index contributed by atoms with van der Waals surface area (Å²) in [7, 11) is 0. The Bertz CT molecular complexity index is 470. The third-order valence-electron chi connectivity index (χ3n) is 5.36. The van der Waals surface area contributed by atoms with E-state index in [0.717, 1.165) is 17.4 Å². The predicted octanol–water partition coefficient (Wildman–Crippen LogP) is 3.23. The van der Waals surface area contributed by atoms with Crippen LogP contribution in [0.1, 0.15) is 69.3 Å². The first-order valence-corrected chi connectivity index (χ1v) is 9.01. The van der Waals surface area contributed by atoms with Crippen molar-refractivity contribution in [3.63, 3.8) is 0 Å². The van der Waals surface area contributed by atoms with Gasteiger partial charge in [0.1, 0.15) is 0 Å². The Hall–Kier alpha value is -1.00. The molecule has 4 heteroatoms. The van der Waals surface area contributed by atoms with Crippen LogP contribution in [-0.2, 0) is 0 Å². The Morgan fingerprint density at radius 2 is 1.86 bits per heavy atom. The minimum Gasteiger partial charge on any atom is -0.305 e. The van der Waals surface area contributed by atoms with Gasteiger partial charge in [-0.15, -0.1) is 0 Å². The quantitative estimate of drug-likeness (QED) is 0.927. The average Bonchev–Trinajstić information content (AvgIpc) is 2.56. The molecule has 22 heavy (non-hydrogen) atoms. The Morgan fingerprint density at radius 3 is 2.64 bits per heavy atom. The standard InChI is InChI=1S/C18H30N4/c1-14-18(20-11-10-19-14)15(2)21-16-7-6-12-22(13-16)17-8-4-3-5-9-17/h10-11,15-17,21H,3-9,12-13H2,1-2H3/t15-,16+/m0/s1. The number of rotatable bonds is 4. The van der Waals surface area contributed by atoms with Crippen LogP contribution in [-0.4, -0.2) is 40.0 Å². The monoisotopic (exact) mass is 302 g/mol. The highest BCUT2D eigenvalue weighted by molar-refractivity contribution is 5.12. The van der Waals surface area contributed by atoms with Crippen LogP contribution in [0.5, 0.6) is 0 Å². The van der Waals surface area contributed by atoms with Gasteiger partial charge in [0.2, 0.25) is 0 Å². The van der Waals surface area contributed by atoms with Crippen molar-refractivity contribution in [1.29, 1.82) is 0 Å². The van der Waals surface area contributed by atoms with E-state index in [1.54, 1.807) is 12.4 Å². The Morgan fingerprint density at radius 1 is 1.09 bits per heavy atom. The van der Waals surface area contributed by atoms with E-state index in [1.165, 1.54) is 58.0 Å². The third-order valence-corrected chi connectivity index (χ3v) is 5.36. The van der Waals surface area contributed by atoms with E-state index >= 15 is 0 Å². The number of nitrogens with zero attached hydrogens (tertiary/aromatic N) is 3. The predicted molar refractivity (Wildman–Crippen MR) is 89.8 cm³/mol. The maximum Gasteiger partial charge on any atom is 0.0782 e. The molecule has 3 rings (SSSR count). The number of nitrogens with one attached hydrogen (secondary N) is 1. The molecule has 4 nitrogen and oxygen atoms in total. The van der Waals surface area contributed by atoms with E-state index in [4.69, 9.17) is 0 Å². The minimum atomic E-state index is 0.282. The number of hydrogen-bond donors (Lipinski definition) is 1. The minimum absolute atomic E-state index is 0.282. The highest BCUT2D eigenvalue weighted by Crippen LogP contribution is 2.26. The Labute approximate surface area is 134 Å². The van der Waals surface area contributed by atoms with Crippen LogP contribution in [0.2, 0.25) is 0 Å². The van der Waals surface area contributed by atoms with Gasteiger partial charge in [-0.3, -0.25) is 14.9 Å². The molecule has 122 valence electrons. The van der Waals surface area contributed by atoms with Gasteiger partial charge in [-0.05, 0) is 46.1 Å². The molecule has 1 aromatic rings. The molecule has 0 amide bonds. The Balaban J connectivity index is 1.57. The van der Waals surface area contributed by atoms with Gasteiger partial charge in [0.05, 0.1) is 11.4 Å². The van der Waals surface area contributed by atoms with Crippen molar-refractivity contribution < 1.29 is 0 Å². The largest absolute Gasteiger partial charge is 0.305 e. The molecular weight excluding hydrogens is 272 g/mol. The van der Waals surface area contributed by atoms with Gasteiger partial charge in [0.15, 0.2) is 0 Å². The first-order chi connectivity index (χ1) is 10.7. The number of likely N-dealkylation sites (tertiary alicyclic amines) is 1. The van der Waals surface area contributed by atoms with E-state index in [-0.39, 0.29) is 6.04 Å². The zero-order valence-corrected chi connectivity index (χ0v) is 14.1. The van der Waals surface area contributed by atoms with Gasteiger partial charge >= 0.3 is 0 Å². The van der Waals surface area contributed by atoms with Crippen LogP contribution in [0.3, 0.4) is 0 Å². The van der Waals surface area contributed by atoms with Crippen molar-refractivity contribution in [2.24, 2.45) is 0 Å². The molecule has 0 unspecified atom stereocenters. The molecule has 1 aliphatic carbocycles. The summed E-state index contributed by atoms with van der Waals surface area (Å²) < 4.78 is 0. The SMILES string of the molecule is Cc1nccnc1[C@H](C)N[C@@H]1CCCN(C2CCCCC2)C1. The third kappa shape index (κ3) is 3.85. The first kappa shape index (κ1) is 15.9. The lowest BCUT2D eigenvalue weighted by atomic mass is 9.92. The van der Waals surface area contributed by atoms with Crippen molar-refractivity contribution in [3.05, 3.63) is 23.8 Å². The van der Waals surface area contributed by atoms with Gasteiger partial charge in [0, 0.05) is 37.1 Å². The van der Waals surface area contributed by atoms with Gasteiger partial charge in [-0.25, -0.2) is 0 Å². The molecule has 1 aliphatic heterocycles. The maximum absolute atomic E-state index is 4.51. The van der Waals surface area contributed by atoms with E-state index in [2.05, 4.69) is 34.0 Å². The summed E-state index contributed by atoms with van der Waals surface area (Å²) in [5.74, 6) is 0. The fraction of sp³-hybridized carbons (Fsp3) is 0.778. The molecule has 1 N–H and O–H groups in total. The number of aryl methyl sites for hydroxylation is 1. The molecule has 0 spiro atoms. The molecule has 2 fully saturated rings. The van der Waals surface area contributed by atoms with Crippen LogP contribution in [0, 0.1) is 6.92 Å². The average molecular weight is 302 g/mol. The lowest BCUT2D eigenvalue weighted by molar-refractivity contribution is 0.107. The van der Waals surface area contributed by atoms with Crippen LogP contribution >= 0.6 is 0 Å².